The highest BCUT2D eigenvalue weighted by molar-refractivity contribution is 8.00. The number of carbonyl (C=O) groups is 4. The van der Waals surface area contributed by atoms with Crippen molar-refractivity contribution < 1.29 is 34.6 Å². The number of nitrogens with two attached hydrogens (primary N) is 1. The zero-order valence-electron chi connectivity index (χ0n) is 19.4. The van der Waals surface area contributed by atoms with E-state index in [1.165, 1.54) is 40.3 Å². The van der Waals surface area contributed by atoms with Crippen LogP contribution in [0.1, 0.15) is 12.1 Å². The number of thioether (sulfide) groups is 1. The third-order valence-electron chi connectivity index (χ3n) is 6.20. The Bertz CT molecular complexity index is 1450. The van der Waals surface area contributed by atoms with Gasteiger partial charge in [-0.25, -0.2) is 9.78 Å². The van der Waals surface area contributed by atoms with Crippen molar-refractivity contribution in [3.05, 3.63) is 58.3 Å². The number of nitrogens with zero attached hydrogens (tertiary/aromatic N) is 4. The molecule has 3 aliphatic heterocycles. The highest BCUT2D eigenvalue weighted by atomic mass is 32.2. The van der Waals surface area contributed by atoms with Gasteiger partial charge >= 0.3 is 5.97 Å². The standard InChI is InChI=1S/C23H20N6O7S2/c24-23-25-14(9-38-23)15(27-36)18(31)26-16-20(33)29-17(22(34)35)11(8-37-21(16)29)7-10-5-6-28(19(10)32)12-1-3-13(30)4-2-12/h1-4,7,9,16,21,30,36H,5-6,8H2,(H2,24,25)(H,26,31)(H,34,35)/b10-7?,27-15-/t16-,21-/m1/s1. The molecule has 2 aromatic rings. The van der Waals surface area contributed by atoms with Crippen molar-refractivity contribution in [3.63, 3.8) is 0 Å². The summed E-state index contributed by atoms with van der Waals surface area (Å²) in [5.74, 6) is -2.89. The maximum atomic E-state index is 13.0. The van der Waals surface area contributed by atoms with Gasteiger partial charge in [0.2, 0.25) is 0 Å². The quantitative estimate of drug-likeness (QED) is 0.111. The SMILES string of the molecule is Nc1nc(/C(=N/O)C(=O)N[C@@H]2C(=O)N3C(C(=O)O)=C(C=C4CCN(c5ccc(O)cc5)C4=O)CS[C@H]23)cs1. The Morgan fingerprint density at radius 2 is 1.97 bits per heavy atom. The summed E-state index contributed by atoms with van der Waals surface area (Å²) in [4.78, 5) is 57.3. The van der Waals surface area contributed by atoms with E-state index in [1.54, 1.807) is 12.1 Å². The maximum Gasteiger partial charge on any atom is 0.352 e. The number of hydrogen-bond donors (Lipinski definition) is 5. The molecule has 38 heavy (non-hydrogen) atoms. The number of nitrogens with one attached hydrogen (secondary N) is 1. The molecule has 0 aliphatic carbocycles. The van der Waals surface area contributed by atoms with E-state index in [-0.39, 0.29) is 33.9 Å². The molecule has 196 valence electrons. The first-order chi connectivity index (χ1) is 18.2. The van der Waals surface area contributed by atoms with Crippen LogP contribution in [0.5, 0.6) is 5.75 Å². The van der Waals surface area contributed by atoms with E-state index >= 15 is 0 Å². The number of anilines is 2. The number of thiazole rings is 1. The molecule has 0 saturated carbocycles. The number of β-lactam (4-membered cyclic amide) rings is 1. The number of aromatic nitrogens is 1. The van der Waals surface area contributed by atoms with Gasteiger partial charge in [-0.3, -0.25) is 19.3 Å². The molecule has 1 aromatic heterocycles. The van der Waals surface area contributed by atoms with Crippen LogP contribution in [0.25, 0.3) is 0 Å². The second-order valence-electron chi connectivity index (χ2n) is 8.45. The summed E-state index contributed by atoms with van der Waals surface area (Å²) in [7, 11) is 0. The van der Waals surface area contributed by atoms with E-state index in [2.05, 4.69) is 15.5 Å². The van der Waals surface area contributed by atoms with Crippen LogP contribution in [0.2, 0.25) is 0 Å². The van der Waals surface area contributed by atoms with Crippen LogP contribution in [0.3, 0.4) is 0 Å². The first kappa shape index (κ1) is 25.3. The number of fused-ring (bicyclic) bond motifs is 1. The molecule has 2 atom stereocenters. The lowest BCUT2D eigenvalue weighted by atomic mass is 10.0. The topological polar surface area (TPSA) is 199 Å². The van der Waals surface area contributed by atoms with Gasteiger partial charge in [-0.1, -0.05) is 5.16 Å². The smallest absolute Gasteiger partial charge is 0.352 e. The van der Waals surface area contributed by atoms with Crippen LogP contribution in [-0.2, 0) is 19.2 Å². The normalized spacial score (nSPS) is 22.5. The molecule has 2 fully saturated rings. The van der Waals surface area contributed by atoms with Crippen molar-refractivity contribution in [2.75, 3.05) is 22.9 Å². The van der Waals surface area contributed by atoms with Gasteiger partial charge in [0.05, 0.1) is 0 Å². The van der Waals surface area contributed by atoms with Gasteiger partial charge in [0, 0.05) is 28.9 Å². The Labute approximate surface area is 222 Å². The first-order valence-corrected chi connectivity index (χ1v) is 13.1. The molecule has 5 rings (SSSR count). The Kier molecular flexibility index (Phi) is 6.54. The lowest BCUT2D eigenvalue weighted by Crippen LogP contribution is -2.71. The predicted molar refractivity (Wildman–Crippen MR) is 138 cm³/mol. The molecule has 0 bridgehead atoms. The number of oxime groups is 1. The average molecular weight is 557 g/mol. The number of carbonyl (C=O) groups excluding carboxylic acids is 3. The summed E-state index contributed by atoms with van der Waals surface area (Å²) in [6.45, 7) is 0.386. The van der Waals surface area contributed by atoms with Crippen LogP contribution in [0, 0.1) is 0 Å². The molecular formula is C23H20N6O7S2. The number of carboxylic acid groups (broad SMARTS) is 1. The molecule has 0 unspecified atom stereocenters. The third-order valence-corrected chi connectivity index (χ3v) is 8.18. The number of phenolic OH excluding ortho intramolecular Hbond substituents is 1. The number of aromatic hydroxyl groups is 1. The molecule has 4 heterocycles. The van der Waals surface area contributed by atoms with Gasteiger partial charge in [-0.05, 0) is 42.3 Å². The van der Waals surface area contributed by atoms with Crippen molar-refractivity contribution in [1.29, 1.82) is 0 Å². The molecular weight excluding hydrogens is 536 g/mol. The third kappa shape index (κ3) is 4.35. The van der Waals surface area contributed by atoms with Gasteiger partial charge in [-0.15, -0.1) is 23.1 Å². The van der Waals surface area contributed by atoms with Crippen LogP contribution in [-0.4, -0.2) is 78.4 Å². The largest absolute Gasteiger partial charge is 0.508 e. The van der Waals surface area contributed by atoms with E-state index in [4.69, 9.17) is 5.73 Å². The lowest BCUT2D eigenvalue weighted by Gasteiger charge is -2.49. The van der Waals surface area contributed by atoms with Crippen molar-refractivity contribution in [3.8, 4) is 5.75 Å². The lowest BCUT2D eigenvalue weighted by molar-refractivity contribution is -0.150. The first-order valence-electron chi connectivity index (χ1n) is 11.2. The number of carboxylic acids is 1. The monoisotopic (exact) mass is 556 g/mol. The minimum absolute atomic E-state index is 0.0371. The minimum Gasteiger partial charge on any atom is -0.508 e. The van der Waals surface area contributed by atoms with Crippen LogP contribution < -0.4 is 16.0 Å². The molecule has 3 aliphatic rings. The van der Waals surface area contributed by atoms with Crippen LogP contribution in [0.15, 0.2) is 57.7 Å². The van der Waals surface area contributed by atoms with Crippen molar-refractivity contribution in [2.24, 2.45) is 5.16 Å². The molecule has 13 nitrogen and oxygen atoms in total. The second-order valence-corrected chi connectivity index (χ2v) is 10.4. The summed E-state index contributed by atoms with van der Waals surface area (Å²) in [5.41, 5.74) is 6.23. The van der Waals surface area contributed by atoms with Crippen molar-refractivity contribution in [1.82, 2.24) is 15.2 Å². The molecule has 0 radical (unpaired) electrons. The average Bonchev–Trinajstić information content (AvgIpc) is 3.48. The van der Waals surface area contributed by atoms with E-state index in [9.17, 15) is 34.6 Å². The molecule has 6 N–H and O–H groups in total. The zero-order valence-corrected chi connectivity index (χ0v) is 21.0. The van der Waals surface area contributed by atoms with Crippen LogP contribution in [0.4, 0.5) is 10.8 Å². The van der Waals surface area contributed by atoms with E-state index < -0.39 is 34.9 Å². The molecule has 15 heteroatoms. The summed E-state index contributed by atoms with van der Waals surface area (Å²) in [5, 5.41) is 35.0. The summed E-state index contributed by atoms with van der Waals surface area (Å²) >= 11 is 2.28. The van der Waals surface area contributed by atoms with E-state index in [0.717, 1.165) is 16.2 Å². The Balaban J connectivity index is 1.35. The highest BCUT2D eigenvalue weighted by Gasteiger charge is 2.54. The van der Waals surface area contributed by atoms with Crippen molar-refractivity contribution in [2.45, 2.75) is 17.8 Å². The van der Waals surface area contributed by atoms with E-state index in [1.807, 2.05) is 0 Å². The number of phenols is 1. The number of rotatable bonds is 6. The molecule has 2 saturated heterocycles. The number of benzene rings is 1. The zero-order chi connectivity index (χ0) is 27.1. The van der Waals surface area contributed by atoms with Crippen LogP contribution >= 0.6 is 23.1 Å². The Morgan fingerprint density at radius 3 is 2.61 bits per heavy atom. The predicted octanol–water partition coefficient (Wildman–Crippen LogP) is 0.711. The van der Waals surface area contributed by atoms with Gasteiger partial charge in [0.1, 0.15) is 28.6 Å². The summed E-state index contributed by atoms with van der Waals surface area (Å²) in [6, 6.07) is 5.12. The van der Waals surface area contributed by atoms with Crippen molar-refractivity contribution >= 4 is 63.3 Å². The molecule has 0 spiro atoms. The Morgan fingerprint density at radius 1 is 1.24 bits per heavy atom. The van der Waals surface area contributed by atoms with Gasteiger partial charge in [-0.2, -0.15) is 0 Å². The number of hydrogen-bond acceptors (Lipinski definition) is 11. The van der Waals surface area contributed by atoms with Gasteiger partial charge in [0.15, 0.2) is 10.8 Å². The summed E-state index contributed by atoms with van der Waals surface area (Å²) < 4.78 is 0. The maximum absolute atomic E-state index is 13.0. The number of allylic oxidation sites excluding steroid dienone is 1. The minimum atomic E-state index is -1.34. The fraction of sp³-hybridized carbons (Fsp3) is 0.217. The van der Waals surface area contributed by atoms with Gasteiger partial charge < -0.3 is 31.4 Å². The molecule has 1 aromatic carbocycles. The highest BCUT2D eigenvalue weighted by Crippen LogP contribution is 2.41. The fourth-order valence-electron chi connectivity index (χ4n) is 4.41. The number of amides is 3. The summed E-state index contributed by atoms with van der Waals surface area (Å²) in [6.07, 6.45) is 1.89. The second kappa shape index (κ2) is 9.83. The Hall–Kier alpha value is -4.37. The molecule has 3 amide bonds. The number of aliphatic carboxylic acids is 1. The number of nitrogen functional groups attached to an aromatic ring is 1. The van der Waals surface area contributed by atoms with E-state index in [0.29, 0.717) is 29.8 Å². The van der Waals surface area contributed by atoms with Gasteiger partial charge in [0.25, 0.3) is 17.7 Å². The fourth-order valence-corrected chi connectivity index (χ4v) is 6.26.